The highest BCUT2D eigenvalue weighted by Gasteiger charge is 2.00. The molecule has 0 amide bonds. The molecule has 0 saturated heterocycles. The van der Waals surface area contributed by atoms with Gasteiger partial charge in [-0.2, -0.15) is 0 Å². The van der Waals surface area contributed by atoms with E-state index in [4.69, 9.17) is 27.9 Å². The van der Waals surface area contributed by atoms with Crippen LogP contribution in [-0.2, 0) is 6.61 Å². The molecule has 0 aliphatic rings. The van der Waals surface area contributed by atoms with Gasteiger partial charge in [-0.15, -0.1) is 11.6 Å². The van der Waals surface area contributed by atoms with Crippen molar-refractivity contribution in [3.63, 3.8) is 0 Å². The SMILES string of the molecule is ClCC#Cc1ccc(OCc2ccccc2Cl)cc1. The molecule has 0 aromatic heterocycles. The van der Waals surface area contributed by atoms with Crippen LogP contribution in [0.25, 0.3) is 0 Å². The van der Waals surface area contributed by atoms with Crippen LogP contribution in [0.5, 0.6) is 5.75 Å². The minimum atomic E-state index is 0.338. The molecule has 0 aliphatic carbocycles. The van der Waals surface area contributed by atoms with Crippen LogP contribution in [0.4, 0.5) is 0 Å². The predicted octanol–water partition coefficient (Wildman–Crippen LogP) is 4.51. The number of halogens is 2. The maximum Gasteiger partial charge on any atom is 0.119 e. The van der Waals surface area contributed by atoms with Crippen LogP contribution in [0.15, 0.2) is 48.5 Å². The maximum absolute atomic E-state index is 6.06. The van der Waals surface area contributed by atoms with Gasteiger partial charge >= 0.3 is 0 Å². The summed E-state index contributed by atoms with van der Waals surface area (Å²) in [6.07, 6.45) is 0. The van der Waals surface area contributed by atoms with Gasteiger partial charge in [-0.1, -0.05) is 41.6 Å². The fourth-order valence-corrected chi connectivity index (χ4v) is 1.80. The average Bonchev–Trinajstić information content (AvgIpc) is 2.45. The summed E-state index contributed by atoms with van der Waals surface area (Å²) in [6, 6.07) is 15.2. The summed E-state index contributed by atoms with van der Waals surface area (Å²) in [5, 5.41) is 0.715. The molecule has 0 atom stereocenters. The van der Waals surface area contributed by atoms with Crippen LogP contribution in [-0.4, -0.2) is 5.88 Å². The molecule has 0 aliphatic heterocycles. The second-order valence-electron chi connectivity index (χ2n) is 3.84. The average molecular weight is 291 g/mol. The van der Waals surface area contributed by atoms with Gasteiger partial charge in [0.05, 0.1) is 5.88 Å². The van der Waals surface area contributed by atoms with Crippen LogP contribution in [0.2, 0.25) is 5.02 Å². The monoisotopic (exact) mass is 290 g/mol. The lowest BCUT2D eigenvalue weighted by molar-refractivity contribution is 0.306. The van der Waals surface area contributed by atoms with Crippen molar-refractivity contribution in [3.05, 3.63) is 64.7 Å². The normalized spacial score (nSPS) is 9.58. The smallest absolute Gasteiger partial charge is 0.119 e. The third-order valence-electron chi connectivity index (χ3n) is 2.51. The molecule has 1 nitrogen and oxygen atoms in total. The quantitative estimate of drug-likeness (QED) is 0.597. The molecule has 0 saturated carbocycles. The van der Waals surface area contributed by atoms with Crippen molar-refractivity contribution in [2.24, 2.45) is 0 Å². The van der Waals surface area contributed by atoms with E-state index in [1.807, 2.05) is 48.5 Å². The maximum atomic E-state index is 6.06. The number of benzene rings is 2. The minimum Gasteiger partial charge on any atom is -0.489 e. The van der Waals surface area contributed by atoms with Crippen LogP contribution in [0, 0.1) is 11.8 Å². The van der Waals surface area contributed by atoms with E-state index in [2.05, 4.69) is 11.8 Å². The summed E-state index contributed by atoms with van der Waals surface area (Å²) < 4.78 is 5.67. The fourth-order valence-electron chi connectivity index (χ4n) is 1.55. The van der Waals surface area contributed by atoms with Gasteiger partial charge in [0.15, 0.2) is 0 Å². The van der Waals surface area contributed by atoms with Gasteiger partial charge in [0.25, 0.3) is 0 Å². The van der Waals surface area contributed by atoms with Crippen molar-refractivity contribution in [2.45, 2.75) is 6.61 Å². The Morgan fingerprint density at radius 1 is 1.00 bits per heavy atom. The van der Waals surface area contributed by atoms with Crippen LogP contribution < -0.4 is 4.74 Å². The highest BCUT2D eigenvalue weighted by atomic mass is 35.5. The zero-order valence-corrected chi connectivity index (χ0v) is 11.7. The lowest BCUT2D eigenvalue weighted by Crippen LogP contribution is -1.95. The summed E-state index contributed by atoms with van der Waals surface area (Å²) in [5.41, 5.74) is 1.89. The Balaban J connectivity index is 1.99. The van der Waals surface area contributed by atoms with Gasteiger partial charge in [0, 0.05) is 16.1 Å². The van der Waals surface area contributed by atoms with E-state index >= 15 is 0 Å². The highest BCUT2D eigenvalue weighted by molar-refractivity contribution is 6.31. The Labute approximate surface area is 123 Å². The number of ether oxygens (including phenoxy) is 1. The first-order chi connectivity index (χ1) is 9.29. The lowest BCUT2D eigenvalue weighted by atomic mass is 10.2. The molecular weight excluding hydrogens is 279 g/mol. The zero-order valence-electron chi connectivity index (χ0n) is 10.2. The zero-order chi connectivity index (χ0) is 13.5. The topological polar surface area (TPSA) is 9.23 Å². The summed E-state index contributed by atoms with van der Waals surface area (Å²) in [6.45, 7) is 0.451. The fraction of sp³-hybridized carbons (Fsp3) is 0.125. The molecule has 3 heteroatoms. The molecule has 0 heterocycles. The summed E-state index contributed by atoms with van der Waals surface area (Å²) in [5.74, 6) is 6.88. The van der Waals surface area contributed by atoms with Crippen molar-refractivity contribution >= 4 is 23.2 Å². The molecule has 0 spiro atoms. The van der Waals surface area contributed by atoms with Crippen LogP contribution in [0.1, 0.15) is 11.1 Å². The molecule has 2 rings (SSSR count). The summed E-state index contributed by atoms with van der Waals surface area (Å²) in [4.78, 5) is 0. The largest absolute Gasteiger partial charge is 0.489 e. The Kier molecular flexibility index (Phi) is 5.15. The molecule has 96 valence electrons. The molecule has 0 radical (unpaired) electrons. The first kappa shape index (κ1) is 13.8. The third-order valence-corrected chi connectivity index (χ3v) is 3.01. The molecule has 0 unspecified atom stereocenters. The third kappa shape index (κ3) is 4.21. The van der Waals surface area contributed by atoms with Gasteiger partial charge in [-0.05, 0) is 30.3 Å². The van der Waals surface area contributed by atoms with E-state index in [-0.39, 0.29) is 0 Å². The molecule has 2 aromatic carbocycles. The first-order valence-corrected chi connectivity index (χ1v) is 6.72. The lowest BCUT2D eigenvalue weighted by Gasteiger charge is -2.07. The van der Waals surface area contributed by atoms with Gasteiger partial charge in [-0.25, -0.2) is 0 Å². The standard InChI is InChI=1S/C16H12Cl2O/c17-11-3-4-13-7-9-15(10-8-13)19-12-14-5-1-2-6-16(14)18/h1-2,5-10H,11-12H2. The van der Waals surface area contributed by atoms with Crippen molar-refractivity contribution in [1.82, 2.24) is 0 Å². The van der Waals surface area contributed by atoms with E-state index < -0.39 is 0 Å². The summed E-state index contributed by atoms with van der Waals surface area (Å²) in [7, 11) is 0. The van der Waals surface area contributed by atoms with Crippen LogP contribution >= 0.6 is 23.2 Å². The summed E-state index contributed by atoms with van der Waals surface area (Å²) >= 11 is 11.6. The molecule has 19 heavy (non-hydrogen) atoms. The van der Waals surface area contributed by atoms with E-state index in [9.17, 15) is 0 Å². The van der Waals surface area contributed by atoms with Crippen molar-refractivity contribution in [3.8, 4) is 17.6 Å². The molecule has 2 aromatic rings. The Morgan fingerprint density at radius 3 is 2.42 bits per heavy atom. The number of alkyl halides is 1. The second-order valence-corrected chi connectivity index (χ2v) is 4.51. The highest BCUT2D eigenvalue weighted by Crippen LogP contribution is 2.18. The minimum absolute atomic E-state index is 0.338. The van der Waals surface area contributed by atoms with E-state index in [0.29, 0.717) is 17.5 Å². The first-order valence-electron chi connectivity index (χ1n) is 5.80. The van der Waals surface area contributed by atoms with E-state index in [1.54, 1.807) is 0 Å². The molecule has 0 fully saturated rings. The van der Waals surface area contributed by atoms with E-state index in [1.165, 1.54) is 0 Å². The Bertz CT molecular complexity index is 594. The van der Waals surface area contributed by atoms with Crippen molar-refractivity contribution in [2.75, 3.05) is 5.88 Å². The Morgan fingerprint density at radius 2 is 1.74 bits per heavy atom. The predicted molar refractivity (Wildman–Crippen MR) is 79.8 cm³/mol. The Hall–Kier alpha value is -1.62. The molecular formula is C16H12Cl2O. The van der Waals surface area contributed by atoms with Gasteiger partial charge in [0.2, 0.25) is 0 Å². The van der Waals surface area contributed by atoms with Gasteiger partial charge < -0.3 is 4.74 Å². The molecule has 0 bridgehead atoms. The number of rotatable bonds is 3. The van der Waals surface area contributed by atoms with Gasteiger partial charge in [-0.3, -0.25) is 0 Å². The number of hydrogen-bond acceptors (Lipinski definition) is 1. The van der Waals surface area contributed by atoms with Gasteiger partial charge in [0.1, 0.15) is 12.4 Å². The van der Waals surface area contributed by atoms with Crippen molar-refractivity contribution in [1.29, 1.82) is 0 Å². The number of hydrogen-bond donors (Lipinski definition) is 0. The van der Waals surface area contributed by atoms with E-state index in [0.717, 1.165) is 16.9 Å². The van der Waals surface area contributed by atoms with Crippen LogP contribution in [0.3, 0.4) is 0 Å². The second kappa shape index (κ2) is 7.09. The van der Waals surface area contributed by atoms with Crippen molar-refractivity contribution < 1.29 is 4.74 Å². The molecule has 0 N–H and O–H groups in total.